The van der Waals surface area contributed by atoms with Crippen LogP contribution in [0.3, 0.4) is 0 Å². The lowest BCUT2D eigenvalue weighted by molar-refractivity contribution is -0.384. The van der Waals surface area contributed by atoms with Gasteiger partial charge in [-0.05, 0) is 87.5 Å². The third-order valence-electron chi connectivity index (χ3n) is 6.85. The number of nitro groups is 1. The molecule has 39 heavy (non-hydrogen) atoms. The molecule has 0 aliphatic rings. The van der Waals surface area contributed by atoms with E-state index in [0.717, 1.165) is 24.2 Å². The van der Waals surface area contributed by atoms with Crippen LogP contribution in [0.1, 0.15) is 66.9 Å². The molecule has 0 fully saturated rings. The smallest absolute Gasteiger partial charge is 0.269 e. The maximum Gasteiger partial charge on any atom is 0.269 e. The quantitative estimate of drug-likeness (QED) is 0.126. The molecule has 2 N–H and O–H groups in total. The van der Waals surface area contributed by atoms with E-state index >= 15 is 0 Å². The number of ether oxygens (including phenoxy) is 1. The number of hydrogen-bond donors (Lipinski definition) is 1. The first kappa shape index (κ1) is 34.9. The van der Waals surface area contributed by atoms with Crippen molar-refractivity contribution < 1.29 is 18.6 Å². The Labute approximate surface area is 239 Å². The molecule has 3 atom stereocenters. The van der Waals surface area contributed by atoms with E-state index in [1.807, 2.05) is 57.2 Å². The zero-order valence-electron chi connectivity index (χ0n) is 25.1. The molecular formula is C30H48N2O5SSi. The Hall–Kier alpha value is -2.17. The lowest BCUT2D eigenvalue weighted by Gasteiger charge is -2.40. The van der Waals surface area contributed by atoms with Gasteiger partial charge in [0.05, 0.1) is 11.0 Å². The summed E-state index contributed by atoms with van der Waals surface area (Å²) in [5, 5.41) is 16.0. The Bertz CT molecular complexity index is 1020. The van der Waals surface area contributed by atoms with Crippen LogP contribution in [0.2, 0.25) is 18.1 Å². The molecule has 2 aromatic carbocycles. The Balaban J connectivity index is 0.000000956. The van der Waals surface area contributed by atoms with Crippen molar-refractivity contribution >= 4 is 31.4 Å². The molecule has 0 saturated carbocycles. The number of non-ortho nitro benzene ring substituents is 1. The van der Waals surface area contributed by atoms with Crippen molar-refractivity contribution in [1.29, 1.82) is 0 Å². The summed E-state index contributed by atoms with van der Waals surface area (Å²) in [7, 11) is -1.94. The Morgan fingerprint density at radius 2 is 1.56 bits per heavy atom. The van der Waals surface area contributed by atoms with Crippen LogP contribution in [0, 0.1) is 16.0 Å². The summed E-state index contributed by atoms with van der Waals surface area (Å²) in [6, 6.07) is 16.5. The average Bonchev–Trinajstić information content (AvgIpc) is 2.84. The van der Waals surface area contributed by atoms with Crippen molar-refractivity contribution in [2.24, 2.45) is 11.1 Å². The molecule has 0 spiro atoms. The van der Waals surface area contributed by atoms with Crippen LogP contribution in [0.4, 0.5) is 5.69 Å². The minimum atomic E-state index is -1.94. The lowest BCUT2D eigenvalue weighted by atomic mass is 9.99. The molecule has 9 heteroatoms. The van der Waals surface area contributed by atoms with Crippen LogP contribution in [-0.4, -0.2) is 35.3 Å². The Morgan fingerprint density at radius 3 is 2.03 bits per heavy atom. The number of para-hydroxylation sites is 1. The fourth-order valence-electron chi connectivity index (χ4n) is 3.04. The van der Waals surface area contributed by atoms with Crippen LogP contribution < -0.4 is 9.88 Å². The number of allylic oxidation sites excluding steroid dienone is 1. The maximum absolute atomic E-state index is 10.8. The van der Waals surface area contributed by atoms with Gasteiger partial charge in [-0.1, -0.05) is 58.0 Å². The molecule has 0 bridgehead atoms. The van der Waals surface area contributed by atoms with Crippen molar-refractivity contribution in [3.8, 4) is 5.75 Å². The number of rotatable bonds is 11. The predicted octanol–water partition coefficient (Wildman–Crippen LogP) is 7.90. The van der Waals surface area contributed by atoms with Crippen LogP contribution in [0.5, 0.6) is 5.75 Å². The first-order valence-electron chi connectivity index (χ1n) is 13.4. The van der Waals surface area contributed by atoms with Gasteiger partial charge in [0.25, 0.3) is 5.69 Å². The first-order valence-corrected chi connectivity index (χ1v) is 17.5. The molecule has 0 radical (unpaired) electrons. The van der Waals surface area contributed by atoms with Gasteiger partial charge in [-0.2, -0.15) is 5.14 Å². The zero-order chi connectivity index (χ0) is 29.9. The molecule has 0 heterocycles. The van der Waals surface area contributed by atoms with Gasteiger partial charge in [0.2, 0.25) is 0 Å². The standard InChI is InChI=1S/C26H37NO4Si.C4H11NOS/c1-21(12-10-11-13-22-16-18-23(19-17-22)27(28)29)25(31-32(5,6)26(2,3)4)20-30-24-14-8-7-9-15-24;1-4(2,3)7(5)6/h7-9,11,13-19,21,25H,10,12,20H2,1-6H3;5H2,1-3H3/t21-,25-;7-/m10/s1. The second-order valence-corrected chi connectivity index (χ2v) is 18.8. The summed E-state index contributed by atoms with van der Waals surface area (Å²) in [4.78, 5) is 10.4. The van der Waals surface area contributed by atoms with Crippen LogP contribution >= 0.6 is 0 Å². The monoisotopic (exact) mass is 576 g/mol. The maximum atomic E-state index is 10.8. The molecular weight excluding hydrogens is 528 g/mol. The summed E-state index contributed by atoms with van der Waals surface area (Å²) in [5.74, 6) is 1.19. The number of nitrogens with zero attached hydrogens (tertiary/aromatic N) is 1. The summed E-state index contributed by atoms with van der Waals surface area (Å²) in [6.45, 7) is 19.6. The van der Waals surface area contributed by atoms with Gasteiger partial charge in [0.15, 0.2) is 8.32 Å². The molecule has 7 nitrogen and oxygen atoms in total. The molecule has 0 unspecified atom stereocenters. The first-order chi connectivity index (χ1) is 17.9. The summed E-state index contributed by atoms with van der Waals surface area (Å²) in [6.07, 6.45) is 6.03. The van der Waals surface area contributed by atoms with Crippen molar-refractivity contribution in [1.82, 2.24) is 0 Å². The van der Waals surface area contributed by atoms with Gasteiger partial charge < -0.3 is 13.7 Å². The van der Waals surface area contributed by atoms with Gasteiger partial charge >= 0.3 is 0 Å². The summed E-state index contributed by atoms with van der Waals surface area (Å²) >= 11 is -1.18. The highest BCUT2D eigenvalue weighted by Crippen LogP contribution is 2.38. The van der Waals surface area contributed by atoms with Crippen LogP contribution in [0.25, 0.3) is 6.08 Å². The molecule has 2 rings (SSSR count). The van der Waals surface area contributed by atoms with E-state index in [0.29, 0.717) is 12.5 Å². The van der Waals surface area contributed by atoms with Crippen LogP contribution in [-0.2, 0) is 15.8 Å². The fraction of sp³-hybridized carbons (Fsp3) is 0.533. The average molecular weight is 577 g/mol. The number of nitrogens with two attached hydrogens (primary N) is 1. The van der Waals surface area contributed by atoms with E-state index in [4.69, 9.17) is 14.3 Å². The molecule has 0 aromatic heterocycles. The van der Waals surface area contributed by atoms with E-state index < -0.39 is 19.7 Å². The molecule has 0 aliphatic carbocycles. The second-order valence-electron chi connectivity index (χ2n) is 12.3. The number of benzene rings is 2. The lowest BCUT2D eigenvalue weighted by Crippen LogP contribution is -2.47. The molecule has 0 saturated heterocycles. The van der Waals surface area contributed by atoms with E-state index in [1.165, 1.54) is 12.1 Å². The highest BCUT2D eigenvalue weighted by Gasteiger charge is 2.40. The van der Waals surface area contributed by atoms with Crippen LogP contribution in [0.15, 0.2) is 60.7 Å². The topological polar surface area (TPSA) is 111 Å². The number of hydrogen-bond acceptors (Lipinski definition) is 6. The normalized spacial score (nSPS) is 14.7. The SMILES string of the molecule is CC(C)(C)[S@@+](N)[O-].C[C@H](CCC=Cc1ccc([N+](=O)[O-])cc1)[C@@H](COc1ccccc1)O[Si](C)(C)C(C)(C)C. The number of nitro benzene ring substituents is 1. The second kappa shape index (κ2) is 15.6. The summed E-state index contributed by atoms with van der Waals surface area (Å²) < 4.78 is 22.9. The third kappa shape index (κ3) is 13.2. The largest absolute Gasteiger partial charge is 0.598 e. The van der Waals surface area contributed by atoms with E-state index in [1.54, 1.807) is 12.1 Å². The van der Waals surface area contributed by atoms with E-state index in [9.17, 15) is 14.7 Å². The minimum Gasteiger partial charge on any atom is -0.598 e. The Morgan fingerprint density at radius 1 is 1.03 bits per heavy atom. The van der Waals surface area contributed by atoms with Crippen molar-refractivity contribution in [3.05, 3.63) is 76.4 Å². The van der Waals surface area contributed by atoms with Crippen molar-refractivity contribution in [2.75, 3.05) is 6.61 Å². The van der Waals surface area contributed by atoms with Crippen molar-refractivity contribution in [3.63, 3.8) is 0 Å². The molecule has 2 aromatic rings. The molecule has 0 aliphatic heterocycles. The third-order valence-corrected chi connectivity index (χ3v) is 12.6. The van der Waals surface area contributed by atoms with Crippen molar-refractivity contribution in [2.45, 2.75) is 90.3 Å². The van der Waals surface area contributed by atoms with Gasteiger partial charge in [-0.15, -0.1) is 0 Å². The summed E-state index contributed by atoms with van der Waals surface area (Å²) in [5.41, 5.74) is 1.07. The van der Waals surface area contributed by atoms with E-state index in [2.05, 4.69) is 46.9 Å². The minimum absolute atomic E-state index is 0.0175. The van der Waals surface area contributed by atoms with Gasteiger partial charge in [-0.25, -0.2) is 0 Å². The molecule has 218 valence electrons. The zero-order valence-corrected chi connectivity index (χ0v) is 26.9. The highest BCUT2D eigenvalue weighted by molar-refractivity contribution is 7.90. The van der Waals surface area contributed by atoms with Gasteiger partial charge in [0.1, 0.15) is 17.1 Å². The fourth-order valence-corrected chi connectivity index (χ4v) is 4.45. The van der Waals surface area contributed by atoms with E-state index in [-0.39, 0.29) is 26.5 Å². The van der Waals surface area contributed by atoms with Gasteiger partial charge in [0, 0.05) is 23.5 Å². The highest BCUT2D eigenvalue weighted by atomic mass is 32.2. The van der Waals surface area contributed by atoms with Gasteiger partial charge in [-0.3, -0.25) is 10.1 Å². The Kier molecular flexibility index (Phi) is 13.9. The molecule has 0 amide bonds. The predicted molar refractivity (Wildman–Crippen MR) is 167 cm³/mol.